The van der Waals surface area contributed by atoms with Gasteiger partial charge >= 0.3 is 0 Å². The molecular weight excluding hydrogens is 240 g/mol. The van der Waals surface area contributed by atoms with Gasteiger partial charge in [0, 0.05) is 24.1 Å². The lowest BCUT2D eigenvalue weighted by Gasteiger charge is -2.12. The lowest BCUT2D eigenvalue weighted by Crippen LogP contribution is -2.15. The number of nitrogens with two attached hydrogens (primary N) is 1. The van der Waals surface area contributed by atoms with Crippen LogP contribution in [0, 0.1) is 20.8 Å². The van der Waals surface area contributed by atoms with E-state index in [4.69, 9.17) is 5.73 Å². The molecule has 0 bridgehead atoms. The summed E-state index contributed by atoms with van der Waals surface area (Å²) >= 11 is 0. The fourth-order valence-electron chi connectivity index (χ4n) is 2.10. The van der Waals surface area contributed by atoms with E-state index in [-0.39, 0.29) is 5.91 Å². The molecule has 2 rings (SSSR count). The van der Waals surface area contributed by atoms with Crippen LogP contribution in [0.5, 0.6) is 0 Å². The molecular formula is C14H18N4O. The molecule has 0 aliphatic heterocycles. The minimum Gasteiger partial charge on any atom is -0.399 e. The molecule has 0 fully saturated rings. The van der Waals surface area contributed by atoms with Gasteiger partial charge in [0.2, 0.25) is 0 Å². The molecule has 1 amide bonds. The number of hydrogen-bond donors (Lipinski definition) is 2. The molecule has 0 saturated heterocycles. The second kappa shape index (κ2) is 4.76. The Balaban J connectivity index is 2.32. The number of rotatable bonds is 2. The Bertz CT molecular complexity index is 620. The topological polar surface area (TPSA) is 72.9 Å². The summed E-state index contributed by atoms with van der Waals surface area (Å²) in [5.41, 5.74) is 10.6. The third kappa shape index (κ3) is 2.45. The van der Waals surface area contributed by atoms with Gasteiger partial charge in [-0.15, -0.1) is 0 Å². The Morgan fingerprint density at radius 2 is 1.84 bits per heavy atom. The SMILES string of the molecule is Cc1cc(N)cc(C)c1NC(=O)c1cnn(C)c1C. The highest BCUT2D eigenvalue weighted by atomic mass is 16.1. The molecule has 3 N–H and O–H groups in total. The molecule has 5 nitrogen and oxygen atoms in total. The summed E-state index contributed by atoms with van der Waals surface area (Å²) in [6, 6.07) is 3.69. The van der Waals surface area contributed by atoms with Crippen molar-refractivity contribution in [3.63, 3.8) is 0 Å². The standard InChI is InChI=1S/C14H18N4O/c1-8-5-11(15)6-9(2)13(8)17-14(19)12-7-16-18(4)10(12)3/h5-7H,15H2,1-4H3,(H,17,19). The van der Waals surface area contributed by atoms with E-state index < -0.39 is 0 Å². The number of amides is 1. The molecule has 0 atom stereocenters. The number of hydrogen-bond acceptors (Lipinski definition) is 3. The van der Waals surface area contributed by atoms with Gasteiger partial charge in [0.15, 0.2) is 0 Å². The average molecular weight is 258 g/mol. The number of nitrogens with zero attached hydrogens (tertiary/aromatic N) is 2. The van der Waals surface area contributed by atoms with Crippen molar-refractivity contribution in [1.82, 2.24) is 9.78 Å². The fourth-order valence-corrected chi connectivity index (χ4v) is 2.10. The van der Waals surface area contributed by atoms with Crippen molar-refractivity contribution in [1.29, 1.82) is 0 Å². The molecule has 0 unspecified atom stereocenters. The van der Waals surface area contributed by atoms with E-state index in [1.165, 1.54) is 0 Å². The maximum absolute atomic E-state index is 12.2. The van der Waals surface area contributed by atoms with Crippen LogP contribution in [0.15, 0.2) is 18.3 Å². The molecule has 5 heteroatoms. The molecule has 1 aromatic carbocycles. The van der Waals surface area contributed by atoms with Crippen LogP contribution in [-0.4, -0.2) is 15.7 Å². The highest BCUT2D eigenvalue weighted by Crippen LogP contribution is 2.24. The van der Waals surface area contributed by atoms with E-state index in [2.05, 4.69) is 10.4 Å². The van der Waals surface area contributed by atoms with E-state index in [0.717, 1.165) is 22.5 Å². The number of nitrogen functional groups attached to an aromatic ring is 1. The molecule has 1 heterocycles. The Morgan fingerprint density at radius 1 is 1.26 bits per heavy atom. The van der Waals surface area contributed by atoms with Crippen molar-refractivity contribution in [3.05, 3.63) is 40.7 Å². The van der Waals surface area contributed by atoms with Gasteiger partial charge in [-0.1, -0.05) is 0 Å². The highest BCUT2D eigenvalue weighted by molar-refractivity contribution is 6.05. The van der Waals surface area contributed by atoms with Crippen LogP contribution in [0.3, 0.4) is 0 Å². The van der Waals surface area contributed by atoms with Crippen LogP contribution in [-0.2, 0) is 7.05 Å². The quantitative estimate of drug-likeness (QED) is 0.811. The van der Waals surface area contributed by atoms with Gasteiger partial charge < -0.3 is 11.1 Å². The second-order valence-electron chi connectivity index (χ2n) is 4.75. The first-order valence-electron chi connectivity index (χ1n) is 6.07. The van der Waals surface area contributed by atoms with Crippen LogP contribution in [0.2, 0.25) is 0 Å². The van der Waals surface area contributed by atoms with Crippen molar-refractivity contribution >= 4 is 17.3 Å². The first-order valence-corrected chi connectivity index (χ1v) is 6.07. The third-order valence-corrected chi connectivity index (χ3v) is 3.27. The molecule has 0 aliphatic carbocycles. The number of benzene rings is 1. The molecule has 1 aromatic heterocycles. The minimum atomic E-state index is -0.151. The maximum Gasteiger partial charge on any atom is 0.259 e. The number of carbonyl (C=O) groups is 1. The smallest absolute Gasteiger partial charge is 0.259 e. The lowest BCUT2D eigenvalue weighted by atomic mass is 10.1. The van der Waals surface area contributed by atoms with E-state index in [9.17, 15) is 4.79 Å². The molecule has 0 saturated carbocycles. The predicted molar refractivity (Wildman–Crippen MR) is 76.2 cm³/mol. The molecule has 0 aliphatic rings. The Morgan fingerprint density at radius 3 is 2.32 bits per heavy atom. The van der Waals surface area contributed by atoms with Gasteiger partial charge in [-0.25, -0.2) is 0 Å². The maximum atomic E-state index is 12.2. The third-order valence-electron chi connectivity index (χ3n) is 3.27. The summed E-state index contributed by atoms with van der Waals surface area (Å²) in [6.07, 6.45) is 1.58. The van der Waals surface area contributed by atoms with Crippen LogP contribution in [0.25, 0.3) is 0 Å². The molecule has 100 valence electrons. The minimum absolute atomic E-state index is 0.151. The van der Waals surface area contributed by atoms with Crippen LogP contribution in [0.1, 0.15) is 27.2 Å². The number of carbonyl (C=O) groups excluding carboxylic acids is 1. The fraction of sp³-hybridized carbons (Fsp3) is 0.286. The number of nitrogens with one attached hydrogen (secondary N) is 1. The van der Waals surface area contributed by atoms with Crippen LogP contribution < -0.4 is 11.1 Å². The first kappa shape index (κ1) is 13.1. The molecule has 0 radical (unpaired) electrons. The summed E-state index contributed by atoms with van der Waals surface area (Å²) in [5.74, 6) is -0.151. The summed E-state index contributed by atoms with van der Waals surface area (Å²) < 4.78 is 1.68. The Labute approximate surface area is 112 Å². The van der Waals surface area contributed by atoms with Crippen molar-refractivity contribution in [3.8, 4) is 0 Å². The largest absolute Gasteiger partial charge is 0.399 e. The molecule has 2 aromatic rings. The van der Waals surface area contributed by atoms with Gasteiger partial charge in [-0.3, -0.25) is 9.48 Å². The van der Waals surface area contributed by atoms with E-state index >= 15 is 0 Å². The van der Waals surface area contributed by atoms with Gasteiger partial charge in [0.1, 0.15) is 0 Å². The van der Waals surface area contributed by atoms with E-state index in [1.54, 1.807) is 10.9 Å². The monoisotopic (exact) mass is 258 g/mol. The van der Waals surface area contributed by atoms with Crippen molar-refractivity contribution in [2.24, 2.45) is 7.05 Å². The number of aryl methyl sites for hydroxylation is 3. The zero-order valence-corrected chi connectivity index (χ0v) is 11.6. The van der Waals surface area contributed by atoms with Gasteiger partial charge in [0.25, 0.3) is 5.91 Å². The highest BCUT2D eigenvalue weighted by Gasteiger charge is 2.15. The second-order valence-corrected chi connectivity index (χ2v) is 4.75. The Kier molecular flexibility index (Phi) is 3.29. The molecule has 19 heavy (non-hydrogen) atoms. The van der Waals surface area contributed by atoms with Crippen molar-refractivity contribution in [2.45, 2.75) is 20.8 Å². The number of aromatic nitrogens is 2. The first-order chi connectivity index (χ1) is 8.90. The van der Waals surface area contributed by atoms with E-state index in [1.807, 2.05) is 40.0 Å². The van der Waals surface area contributed by atoms with Crippen molar-refractivity contribution < 1.29 is 4.79 Å². The molecule has 0 spiro atoms. The average Bonchev–Trinajstić information content (AvgIpc) is 2.64. The Hall–Kier alpha value is -2.30. The zero-order valence-electron chi connectivity index (χ0n) is 11.6. The van der Waals surface area contributed by atoms with Crippen molar-refractivity contribution in [2.75, 3.05) is 11.1 Å². The normalized spacial score (nSPS) is 10.5. The van der Waals surface area contributed by atoms with E-state index in [0.29, 0.717) is 11.3 Å². The summed E-state index contributed by atoms with van der Waals surface area (Å²) in [6.45, 7) is 5.72. The van der Waals surface area contributed by atoms with Crippen LogP contribution in [0.4, 0.5) is 11.4 Å². The summed E-state index contributed by atoms with van der Waals surface area (Å²) in [4.78, 5) is 12.2. The van der Waals surface area contributed by atoms with Gasteiger partial charge in [-0.2, -0.15) is 5.10 Å². The van der Waals surface area contributed by atoms with Crippen LogP contribution >= 0.6 is 0 Å². The lowest BCUT2D eigenvalue weighted by molar-refractivity contribution is 0.102. The van der Waals surface area contributed by atoms with Gasteiger partial charge in [0.05, 0.1) is 11.8 Å². The number of anilines is 2. The van der Waals surface area contributed by atoms with Gasteiger partial charge in [-0.05, 0) is 44.0 Å². The zero-order chi connectivity index (χ0) is 14.2. The summed E-state index contributed by atoms with van der Waals surface area (Å²) in [7, 11) is 1.81. The predicted octanol–water partition coefficient (Wildman–Crippen LogP) is 2.18. The summed E-state index contributed by atoms with van der Waals surface area (Å²) in [5, 5.41) is 7.00.